The molecule has 0 spiro atoms. The summed E-state index contributed by atoms with van der Waals surface area (Å²) in [4.78, 5) is 14.8. The van der Waals surface area contributed by atoms with E-state index < -0.39 is 0 Å². The summed E-state index contributed by atoms with van der Waals surface area (Å²) in [7, 11) is 0. The summed E-state index contributed by atoms with van der Waals surface area (Å²) in [5, 5.41) is 10.4. The van der Waals surface area contributed by atoms with E-state index in [9.17, 15) is 9.90 Å². The van der Waals surface area contributed by atoms with Crippen LogP contribution in [0.4, 0.5) is 0 Å². The fourth-order valence-electron chi connectivity index (χ4n) is 3.09. The minimum absolute atomic E-state index is 0.149. The predicted octanol–water partition coefficient (Wildman–Crippen LogP) is 3.31. The smallest absolute Gasteiger partial charge is 0.230 e. The Balaban J connectivity index is 2.18. The number of aliphatic hydroxyl groups excluding tert-OH is 1. The van der Waals surface area contributed by atoms with Gasteiger partial charge < -0.3 is 10.0 Å². The van der Waals surface area contributed by atoms with Gasteiger partial charge in [0.25, 0.3) is 0 Å². The highest BCUT2D eigenvalue weighted by molar-refractivity contribution is 6.30. The zero-order valence-electron chi connectivity index (χ0n) is 12.9. The Labute approximate surface area is 131 Å². The number of benzene rings is 1. The molecule has 1 saturated heterocycles. The van der Waals surface area contributed by atoms with Gasteiger partial charge in [-0.15, -0.1) is 0 Å². The van der Waals surface area contributed by atoms with E-state index in [1.165, 1.54) is 0 Å². The molecule has 1 aromatic carbocycles. The highest BCUT2D eigenvalue weighted by atomic mass is 35.5. The number of hydrogen-bond donors (Lipinski definition) is 1. The summed E-state index contributed by atoms with van der Waals surface area (Å²) in [6.45, 7) is 7.31. The van der Waals surface area contributed by atoms with Crippen LogP contribution in [0.3, 0.4) is 0 Å². The molecule has 4 heteroatoms. The van der Waals surface area contributed by atoms with Gasteiger partial charge in [0.2, 0.25) is 5.91 Å². The van der Waals surface area contributed by atoms with Crippen LogP contribution in [-0.4, -0.2) is 35.1 Å². The second-order valence-electron chi connectivity index (χ2n) is 6.35. The topological polar surface area (TPSA) is 40.5 Å². The molecule has 2 rings (SSSR count). The molecule has 0 radical (unpaired) electrons. The molecule has 1 amide bonds. The van der Waals surface area contributed by atoms with Crippen molar-refractivity contribution in [3.63, 3.8) is 0 Å². The Bertz CT molecular complexity index is 501. The first-order chi connectivity index (χ1) is 9.90. The van der Waals surface area contributed by atoms with Crippen LogP contribution in [-0.2, 0) is 4.79 Å². The van der Waals surface area contributed by atoms with Crippen molar-refractivity contribution < 1.29 is 9.90 Å². The van der Waals surface area contributed by atoms with Gasteiger partial charge in [-0.3, -0.25) is 4.79 Å². The van der Waals surface area contributed by atoms with Crippen LogP contribution < -0.4 is 0 Å². The van der Waals surface area contributed by atoms with E-state index in [1.54, 1.807) is 6.92 Å². The molecule has 3 nitrogen and oxygen atoms in total. The second-order valence-corrected chi connectivity index (χ2v) is 6.79. The third-order valence-corrected chi connectivity index (χ3v) is 4.59. The first-order valence-corrected chi connectivity index (χ1v) is 8.00. The average Bonchev–Trinajstić information content (AvgIpc) is 2.88. The van der Waals surface area contributed by atoms with Crippen LogP contribution >= 0.6 is 11.6 Å². The van der Waals surface area contributed by atoms with Gasteiger partial charge >= 0.3 is 0 Å². The van der Waals surface area contributed by atoms with Crippen LogP contribution in [0.2, 0.25) is 5.02 Å². The third-order valence-electron chi connectivity index (χ3n) is 4.36. The van der Waals surface area contributed by atoms with Crippen LogP contribution in [0.1, 0.15) is 38.7 Å². The summed E-state index contributed by atoms with van der Waals surface area (Å²) in [6, 6.07) is 7.57. The van der Waals surface area contributed by atoms with Crippen molar-refractivity contribution in [2.75, 3.05) is 13.1 Å². The molecule has 0 aliphatic carbocycles. The summed E-state index contributed by atoms with van der Waals surface area (Å²) in [5.41, 5.74) is 0.975. The molecular weight excluding hydrogens is 286 g/mol. The van der Waals surface area contributed by atoms with Crippen molar-refractivity contribution in [2.45, 2.75) is 39.2 Å². The van der Waals surface area contributed by atoms with Gasteiger partial charge in [0.1, 0.15) is 0 Å². The fraction of sp³-hybridized carbons (Fsp3) is 0.588. The van der Waals surface area contributed by atoms with Crippen LogP contribution in [0.5, 0.6) is 0 Å². The molecule has 0 saturated carbocycles. The highest BCUT2D eigenvalue weighted by Gasteiger charge is 2.34. The lowest BCUT2D eigenvalue weighted by atomic mass is 9.87. The van der Waals surface area contributed by atoms with E-state index in [0.29, 0.717) is 11.6 Å². The molecule has 1 heterocycles. The molecule has 0 bridgehead atoms. The number of carbonyl (C=O) groups excluding carboxylic acids is 1. The highest BCUT2D eigenvalue weighted by Crippen LogP contribution is 2.31. The van der Waals surface area contributed by atoms with E-state index in [1.807, 2.05) is 29.2 Å². The largest absolute Gasteiger partial charge is 0.393 e. The second kappa shape index (κ2) is 6.80. The third kappa shape index (κ3) is 3.78. The number of likely N-dealkylation sites (tertiary alicyclic amines) is 1. The van der Waals surface area contributed by atoms with E-state index in [0.717, 1.165) is 18.5 Å². The zero-order valence-corrected chi connectivity index (χ0v) is 13.7. The van der Waals surface area contributed by atoms with Crippen molar-refractivity contribution in [2.24, 2.45) is 11.8 Å². The van der Waals surface area contributed by atoms with E-state index in [2.05, 4.69) is 13.8 Å². The predicted molar refractivity (Wildman–Crippen MR) is 85.4 cm³/mol. The van der Waals surface area contributed by atoms with Crippen molar-refractivity contribution >= 4 is 17.5 Å². The lowest BCUT2D eigenvalue weighted by Gasteiger charge is -2.27. The molecule has 3 atom stereocenters. The SMILES string of the molecule is CC(C)C(C(=O)N1CCC(C(C)O)C1)c1cccc(Cl)c1. The Morgan fingerprint density at radius 2 is 2.10 bits per heavy atom. The van der Waals surface area contributed by atoms with Gasteiger partial charge in [-0.1, -0.05) is 37.6 Å². The Hall–Kier alpha value is -1.06. The number of nitrogens with zero attached hydrogens (tertiary/aromatic N) is 1. The van der Waals surface area contributed by atoms with Gasteiger partial charge in [0, 0.05) is 24.0 Å². The molecule has 1 N–H and O–H groups in total. The van der Waals surface area contributed by atoms with Crippen molar-refractivity contribution in [3.05, 3.63) is 34.9 Å². The lowest BCUT2D eigenvalue weighted by Crippen LogP contribution is -2.36. The molecule has 1 fully saturated rings. The summed E-state index contributed by atoms with van der Waals surface area (Å²) in [6.07, 6.45) is 0.524. The number of amides is 1. The quantitative estimate of drug-likeness (QED) is 0.927. The number of carbonyl (C=O) groups is 1. The molecular formula is C17H24ClNO2. The first-order valence-electron chi connectivity index (χ1n) is 7.62. The molecule has 1 aliphatic rings. The first kappa shape index (κ1) is 16.3. The number of halogens is 1. The monoisotopic (exact) mass is 309 g/mol. The van der Waals surface area contributed by atoms with Crippen molar-refractivity contribution in [3.8, 4) is 0 Å². The molecule has 1 aromatic rings. The Morgan fingerprint density at radius 1 is 1.38 bits per heavy atom. The molecule has 116 valence electrons. The van der Waals surface area contributed by atoms with Gasteiger partial charge in [0.15, 0.2) is 0 Å². The van der Waals surface area contributed by atoms with Crippen molar-refractivity contribution in [1.82, 2.24) is 4.90 Å². The molecule has 0 aromatic heterocycles. The van der Waals surface area contributed by atoms with Gasteiger partial charge in [-0.05, 0) is 37.0 Å². The van der Waals surface area contributed by atoms with Crippen molar-refractivity contribution in [1.29, 1.82) is 0 Å². The molecule has 21 heavy (non-hydrogen) atoms. The summed E-state index contributed by atoms with van der Waals surface area (Å²) < 4.78 is 0. The average molecular weight is 310 g/mol. The fourth-order valence-corrected chi connectivity index (χ4v) is 3.29. The Kier molecular flexibility index (Phi) is 5.28. The maximum Gasteiger partial charge on any atom is 0.230 e. The minimum atomic E-state index is -0.355. The van der Waals surface area contributed by atoms with E-state index in [4.69, 9.17) is 11.6 Å². The van der Waals surface area contributed by atoms with Gasteiger partial charge in [-0.2, -0.15) is 0 Å². The van der Waals surface area contributed by atoms with E-state index >= 15 is 0 Å². The van der Waals surface area contributed by atoms with E-state index in [-0.39, 0.29) is 29.8 Å². The van der Waals surface area contributed by atoms with Crippen LogP contribution in [0.25, 0.3) is 0 Å². The van der Waals surface area contributed by atoms with Gasteiger partial charge in [-0.25, -0.2) is 0 Å². The summed E-state index contributed by atoms with van der Waals surface area (Å²) >= 11 is 6.06. The number of rotatable bonds is 4. The number of aliphatic hydroxyl groups is 1. The number of hydrogen-bond acceptors (Lipinski definition) is 2. The van der Waals surface area contributed by atoms with Crippen LogP contribution in [0, 0.1) is 11.8 Å². The summed E-state index contributed by atoms with van der Waals surface area (Å²) in [5.74, 6) is 0.384. The normalized spacial score (nSPS) is 21.6. The van der Waals surface area contributed by atoms with Gasteiger partial charge in [0.05, 0.1) is 12.0 Å². The molecule has 3 unspecified atom stereocenters. The lowest BCUT2D eigenvalue weighted by molar-refractivity contribution is -0.133. The maximum absolute atomic E-state index is 12.9. The van der Waals surface area contributed by atoms with Crippen LogP contribution in [0.15, 0.2) is 24.3 Å². The zero-order chi connectivity index (χ0) is 15.6. The Morgan fingerprint density at radius 3 is 2.62 bits per heavy atom. The maximum atomic E-state index is 12.9. The standard InChI is InChI=1S/C17H24ClNO2/c1-11(2)16(13-5-4-6-15(18)9-13)17(21)19-8-7-14(10-19)12(3)20/h4-6,9,11-12,14,16,20H,7-8,10H2,1-3H3. The minimum Gasteiger partial charge on any atom is -0.393 e. The molecule has 1 aliphatic heterocycles.